The van der Waals surface area contributed by atoms with Gasteiger partial charge in [-0.15, -0.1) is 0 Å². The van der Waals surface area contributed by atoms with E-state index in [1.165, 1.54) is 107 Å². The molecule has 0 atom stereocenters. The van der Waals surface area contributed by atoms with Crippen molar-refractivity contribution in [1.29, 1.82) is 0 Å². The minimum absolute atomic E-state index is 0.202. The highest BCUT2D eigenvalue weighted by molar-refractivity contribution is 5.64. The maximum atomic E-state index is 12.3. The molecule has 2 aliphatic carbocycles. The summed E-state index contributed by atoms with van der Waals surface area (Å²) >= 11 is 0. The second-order valence-electron chi connectivity index (χ2n) is 12.1. The summed E-state index contributed by atoms with van der Waals surface area (Å²) < 4.78 is 12.3. The van der Waals surface area contributed by atoms with E-state index in [4.69, 9.17) is 0 Å². The van der Waals surface area contributed by atoms with E-state index in [2.05, 4.69) is 55.5 Å². The molecule has 0 saturated heterocycles. The maximum Gasteiger partial charge on any atom is 0.0894 e. The molecule has 2 fully saturated rings. The highest BCUT2D eigenvalue weighted by Crippen LogP contribution is 2.40. The fourth-order valence-corrected chi connectivity index (χ4v) is 6.98. The Morgan fingerprint density at radius 3 is 1.67 bits per heavy atom. The van der Waals surface area contributed by atoms with Crippen LogP contribution in [0.4, 0.5) is 4.39 Å². The zero-order valence-corrected chi connectivity index (χ0v) is 23.0. The van der Waals surface area contributed by atoms with Crippen molar-refractivity contribution in [2.45, 2.75) is 122 Å². The van der Waals surface area contributed by atoms with Crippen LogP contribution in [0, 0.1) is 17.8 Å². The van der Waals surface area contributed by atoms with Gasteiger partial charge in [-0.2, -0.15) is 0 Å². The molecule has 2 aromatic rings. The molecule has 0 aliphatic heterocycles. The van der Waals surface area contributed by atoms with Crippen molar-refractivity contribution in [3.05, 3.63) is 59.7 Å². The third kappa shape index (κ3) is 8.46. The third-order valence-electron chi connectivity index (χ3n) is 9.53. The van der Waals surface area contributed by atoms with Crippen LogP contribution < -0.4 is 0 Å². The average molecular weight is 491 g/mol. The molecule has 0 aromatic heterocycles. The first kappa shape index (κ1) is 27.4. The van der Waals surface area contributed by atoms with E-state index < -0.39 is 0 Å². The smallest absolute Gasteiger partial charge is 0.0894 e. The van der Waals surface area contributed by atoms with Crippen molar-refractivity contribution in [1.82, 2.24) is 0 Å². The standard InChI is InChI=1S/C35H51F/c1-2-3-4-7-28-9-11-30(12-10-28)13-14-31-17-21-33(22-18-31)35-25-23-34(24-26-35)32-19-15-29(16-20-32)8-5-6-27-36/h15-16,19-20,23-26,28,30-31,33H,2-14,17-18,21-22,27H2,1H3/t28-,30-,31-,33-. The van der Waals surface area contributed by atoms with E-state index in [9.17, 15) is 4.39 Å². The molecule has 0 amide bonds. The molecule has 4 rings (SSSR count). The molecule has 36 heavy (non-hydrogen) atoms. The molecule has 0 bridgehead atoms. The summed E-state index contributed by atoms with van der Waals surface area (Å²) in [4.78, 5) is 0. The Hall–Kier alpha value is -1.63. The lowest BCUT2D eigenvalue weighted by Crippen LogP contribution is -2.17. The van der Waals surface area contributed by atoms with Crippen molar-refractivity contribution < 1.29 is 4.39 Å². The van der Waals surface area contributed by atoms with Gasteiger partial charge in [0.05, 0.1) is 6.67 Å². The molecule has 0 unspecified atom stereocenters. The Morgan fingerprint density at radius 1 is 0.583 bits per heavy atom. The fraction of sp³-hybridized carbons (Fsp3) is 0.657. The van der Waals surface area contributed by atoms with Crippen LogP contribution in [0.1, 0.15) is 127 Å². The van der Waals surface area contributed by atoms with Crippen molar-refractivity contribution in [3.63, 3.8) is 0 Å². The van der Waals surface area contributed by atoms with Gasteiger partial charge in [-0.1, -0.05) is 120 Å². The minimum atomic E-state index is -0.202. The quantitative estimate of drug-likeness (QED) is 0.245. The van der Waals surface area contributed by atoms with Crippen LogP contribution in [0.25, 0.3) is 11.1 Å². The summed E-state index contributed by atoms with van der Waals surface area (Å²) in [5.41, 5.74) is 5.45. The number of alkyl halides is 1. The summed E-state index contributed by atoms with van der Waals surface area (Å²) in [6.07, 6.45) is 23.0. The van der Waals surface area contributed by atoms with Gasteiger partial charge in [-0.25, -0.2) is 0 Å². The highest BCUT2D eigenvalue weighted by Gasteiger charge is 2.25. The number of aryl methyl sites for hydroxylation is 1. The lowest BCUT2D eigenvalue weighted by atomic mass is 9.74. The predicted molar refractivity (Wildman–Crippen MR) is 154 cm³/mol. The number of hydrogen-bond donors (Lipinski definition) is 0. The third-order valence-corrected chi connectivity index (χ3v) is 9.53. The molecule has 2 saturated carbocycles. The van der Waals surface area contributed by atoms with Gasteiger partial charge in [0.1, 0.15) is 0 Å². The number of rotatable bonds is 13. The van der Waals surface area contributed by atoms with Crippen LogP contribution in [-0.2, 0) is 6.42 Å². The van der Waals surface area contributed by atoms with E-state index in [-0.39, 0.29) is 6.67 Å². The van der Waals surface area contributed by atoms with Crippen LogP contribution in [0.3, 0.4) is 0 Å². The Morgan fingerprint density at radius 2 is 1.11 bits per heavy atom. The summed E-state index contributed by atoms with van der Waals surface area (Å²) in [5.74, 6) is 3.81. The first-order valence-corrected chi connectivity index (χ1v) is 15.5. The van der Waals surface area contributed by atoms with Gasteiger partial charge in [-0.05, 0) is 90.9 Å². The molecule has 2 aliphatic rings. The van der Waals surface area contributed by atoms with Crippen molar-refractivity contribution in [2.24, 2.45) is 17.8 Å². The van der Waals surface area contributed by atoms with Gasteiger partial charge in [0.15, 0.2) is 0 Å². The topological polar surface area (TPSA) is 0 Å². The van der Waals surface area contributed by atoms with Gasteiger partial charge >= 0.3 is 0 Å². The number of hydrogen-bond acceptors (Lipinski definition) is 0. The minimum Gasteiger partial charge on any atom is -0.251 e. The first-order chi connectivity index (χ1) is 17.7. The van der Waals surface area contributed by atoms with E-state index in [1.54, 1.807) is 5.56 Å². The van der Waals surface area contributed by atoms with Gasteiger partial charge in [0.2, 0.25) is 0 Å². The highest BCUT2D eigenvalue weighted by atomic mass is 19.1. The SMILES string of the molecule is CCCCC[C@H]1CC[C@H](CC[C@H]2CC[C@H](c3ccc(-c4ccc(CCCCF)cc4)cc3)CC2)CC1. The Bertz CT molecular complexity index is 835. The van der Waals surface area contributed by atoms with Gasteiger partial charge in [0.25, 0.3) is 0 Å². The Kier molecular flexibility index (Phi) is 11.4. The molecule has 2 aromatic carbocycles. The van der Waals surface area contributed by atoms with E-state index in [0.717, 1.165) is 36.5 Å². The molecule has 0 N–H and O–H groups in total. The van der Waals surface area contributed by atoms with Crippen LogP contribution in [0.2, 0.25) is 0 Å². The number of halogens is 1. The molecule has 0 nitrogen and oxygen atoms in total. The van der Waals surface area contributed by atoms with E-state index in [0.29, 0.717) is 6.42 Å². The monoisotopic (exact) mass is 490 g/mol. The summed E-state index contributed by atoms with van der Waals surface area (Å²) in [7, 11) is 0. The maximum absolute atomic E-state index is 12.3. The largest absolute Gasteiger partial charge is 0.251 e. The van der Waals surface area contributed by atoms with Crippen molar-refractivity contribution in [3.8, 4) is 11.1 Å². The van der Waals surface area contributed by atoms with Gasteiger partial charge in [0, 0.05) is 0 Å². The molecule has 1 heteroatoms. The van der Waals surface area contributed by atoms with Crippen LogP contribution >= 0.6 is 0 Å². The normalized spacial score (nSPS) is 24.6. The molecule has 198 valence electrons. The second-order valence-corrected chi connectivity index (χ2v) is 12.1. The molecule has 0 spiro atoms. The summed E-state index contributed by atoms with van der Waals surface area (Å²) in [6.45, 7) is 2.12. The van der Waals surface area contributed by atoms with Crippen LogP contribution in [0.15, 0.2) is 48.5 Å². The fourth-order valence-electron chi connectivity index (χ4n) is 6.98. The Balaban J connectivity index is 1.15. The van der Waals surface area contributed by atoms with Crippen LogP contribution in [0.5, 0.6) is 0 Å². The van der Waals surface area contributed by atoms with Crippen LogP contribution in [-0.4, -0.2) is 6.67 Å². The predicted octanol–water partition coefficient (Wildman–Crippen LogP) is 11.1. The molecule has 0 heterocycles. The molecular formula is C35H51F. The molecular weight excluding hydrogens is 439 g/mol. The van der Waals surface area contributed by atoms with Crippen molar-refractivity contribution in [2.75, 3.05) is 6.67 Å². The van der Waals surface area contributed by atoms with Crippen molar-refractivity contribution >= 4 is 0 Å². The van der Waals surface area contributed by atoms with E-state index in [1.807, 2.05) is 0 Å². The van der Waals surface area contributed by atoms with Gasteiger partial charge < -0.3 is 0 Å². The Labute approximate surface area is 221 Å². The first-order valence-electron chi connectivity index (χ1n) is 15.5. The number of benzene rings is 2. The lowest BCUT2D eigenvalue weighted by molar-refractivity contribution is 0.222. The second kappa shape index (κ2) is 14.9. The van der Waals surface area contributed by atoms with E-state index >= 15 is 0 Å². The average Bonchev–Trinajstić information content (AvgIpc) is 2.94. The zero-order valence-electron chi connectivity index (χ0n) is 23.0. The molecule has 0 radical (unpaired) electrons. The lowest BCUT2D eigenvalue weighted by Gasteiger charge is -2.32. The van der Waals surface area contributed by atoms with Gasteiger partial charge in [-0.3, -0.25) is 4.39 Å². The summed E-state index contributed by atoms with van der Waals surface area (Å²) in [6, 6.07) is 18.3. The number of unbranched alkanes of at least 4 members (excludes halogenated alkanes) is 3. The zero-order chi connectivity index (χ0) is 25.0. The summed E-state index contributed by atoms with van der Waals surface area (Å²) in [5, 5.41) is 0.